The molecule has 0 aliphatic heterocycles. The Bertz CT molecular complexity index is 681. The molecule has 1 aromatic heterocycles. The van der Waals surface area contributed by atoms with Crippen LogP contribution in [0, 0.1) is 19.8 Å². The number of rotatable bonds is 3. The topological polar surface area (TPSA) is 29.1 Å². The van der Waals surface area contributed by atoms with Crippen molar-refractivity contribution in [2.24, 2.45) is 5.92 Å². The number of thiophene rings is 1. The van der Waals surface area contributed by atoms with Crippen LogP contribution >= 0.6 is 11.3 Å². The van der Waals surface area contributed by atoms with Crippen LogP contribution in [0.15, 0.2) is 24.3 Å². The molecule has 1 atom stereocenters. The highest BCUT2D eigenvalue weighted by molar-refractivity contribution is 7.14. The molecule has 1 heterocycles. The van der Waals surface area contributed by atoms with Gasteiger partial charge < -0.3 is 5.32 Å². The summed E-state index contributed by atoms with van der Waals surface area (Å²) >= 11 is 1.67. The predicted molar refractivity (Wildman–Crippen MR) is 94.0 cm³/mol. The summed E-state index contributed by atoms with van der Waals surface area (Å²) in [6, 6.07) is 8.27. The van der Waals surface area contributed by atoms with Gasteiger partial charge in [0.05, 0.1) is 4.88 Å². The summed E-state index contributed by atoms with van der Waals surface area (Å²) in [4.78, 5) is 14.8. The van der Waals surface area contributed by atoms with Gasteiger partial charge in [-0.15, -0.1) is 11.3 Å². The SMILES string of the molecule is CC[C@H]1CCc2sc(C(=O)Nc3cc(C)cc(C)c3)cc2C1. The minimum atomic E-state index is 0.0254. The van der Waals surface area contributed by atoms with Crippen molar-refractivity contribution >= 4 is 22.9 Å². The zero-order valence-corrected chi connectivity index (χ0v) is 14.3. The van der Waals surface area contributed by atoms with Crippen molar-refractivity contribution in [1.82, 2.24) is 0 Å². The van der Waals surface area contributed by atoms with E-state index >= 15 is 0 Å². The number of carbonyl (C=O) groups excluding carboxylic acids is 1. The quantitative estimate of drug-likeness (QED) is 0.836. The molecular weight excluding hydrogens is 290 g/mol. The molecule has 0 radical (unpaired) electrons. The molecule has 2 nitrogen and oxygen atoms in total. The molecule has 0 bridgehead atoms. The van der Waals surface area contributed by atoms with Gasteiger partial charge in [0.15, 0.2) is 0 Å². The van der Waals surface area contributed by atoms with Crippen molar-refractivity contribution in [1.29, 1.82) is 0 Å². The van der Waals surface area contributed by atoms with E-state index in [1.54, 1.807) is 11.3 Å². The fourth-order valence-corrected chi connectivity index (χ4v) is 4.40. The van der Waals surface area contributed by atoms with Crippen LogP contribution in [0.5, 0.6) is 0 Å². The van der Waals surface area contributed by atoms with Crippen LogP contribution < -0.4 is 5.32 Å². The Balaban J connectivity index is 1.77. The lowest BCUT2D eigenvalue weighted by Crippen LogP contribution is -2.11. The number of fused-ring (bicyclic) bond motifs is 1. The Morgan fingerprint density at radius 2 is 1.95 bits per heavy atom. The first-order valence-corrected chi connectivity index (χ1v) is 8.88. The van der Waals surface area contributed by atoms with E-state index in [0.717, 1.165) is 29.3 Å². The number of aryl methyl sites for hydroxylation is 3. The second-order valence-corrected chi connectivity index (χ2v) is 7.54. The standard InChI is InChI=1S/C19H23NOS/c1-4-14-5-6-17-15(10-14)11-18(22-17)19(21)20-16-8-12(2)7-13(3)9-16/h7-9,11,14H,4-6,10H2,1-3H3,(H,20,21)/t14-/m0/s1. The van der Waals surface area contributed by atoms with E-state index < -0.39 is 0 Å². The minimum absolute atomic E-state index is 0.0254. The summed E-state index contributed by atoms with van der Waals surface area (Å²) in [5.74, 6) is 0.815. The smallest absolute Gasteiger partial charge is 0.265 e. The molecular formula is C19H23NOS. The molecule has 0 saturated carbocycles. The van der Waals surface area contributed by atoms with Crippen molar-refractivity contribution in [3.8, 4) is 0 Å². The fraction of sp³-hybridized carbons (Fsp3) is 0.421. The van der Waals surface area contributed by atoms with Gasteiger partial charge in [-0.25, -0.2) is 0 Å². The average molecular weight is 313 g/mol. The van der Waals surface area contributed by atoms with Crippen LogP contribution in [0.25, 0.3) is 0 Å². The molecule has 2 aromatic rings. The van der Waals surface area contributed by atoms with E-state index in [4.69, 9.17) is 0 Å². The van der Waals surface area contributed by atoms with Crippen molar-refractivity contribution in [2.75, 3.05) is 5.32 Å². The Kier molecular flexibility index (Phi) is 4.34. The van der Waals surface area contributed by atoms with Crippen LogP contribution in [0.3, 0.4) is 0 Å². The summed E-state index contributed by atoms with van der Waals surface area (Å²) in [6.07, 6.45) is 4.77. The van der Waals surface area contributed by atoms with Gasteiger partial charge in [-0.2, -0.15) is 0 Å². The molecule has 3 rings (SSSR count). The lowest BCUT2D eigenvalue weighted by atomic mass is 9.87. The number of hydrogen-bond acceptors (Lipinski definition) is 2. The molecule has 1 aliphatic rings. The Morgan fingerprint density at radius 1 is 1.23 bits per heavy atom. The number of anilines is 1. The minimum Gasteiger partial charge on any atom is -0.321 e. The lowest BCUT2D eigenvalue weighted by molar-refractivity contribution is 0.103. The lowest BCUT2D eigenvalue weighted by Gasteiger charge is -2.19. The van der Waals surface area contributed by atoms with Crippen molar-refractivity contribution in [2.45, 2.75) is 46.5 Å². The third-order valence-electron chi connectivity index (χ3n) is 4.47. The van der Waals surface area contributed by atoms with Crippen molar-refractivity contribution in [3.63, 3.8) is 0 Å². The monoisotopic (exact) mass is 313 g/mol. The summed E-state index contributed by atoms with van der Waals surface area (Å²) in [6.45, 7) is 6.37. The van der Waals surface area contributed by atoms with Gasteiger partial charge in [0, 0.05) is 10.6 Å². The average Bonchev–Trinajstić information content (AvgIpc) is 2.89. The number of benzene rings is 1. The maximum absolute atomic E-state index is 12.5. The number of carbonyl (C=O) groups is 1. The number of amides is 1. The number of hydrogen-bond donors (Lipinski definition) is 1. The molecule has 116 valence electrons. The number of nitrogens with one attached hydrogen (secondary N) is 1. The van der Waals surface area contributed by atoms with Crippen molar-refractivity contribution < 1.29 is 4.79 Å². The van der Waals surface area contributed by atoms with Gasteiger partial charge in [-0.1, -0.05) is 19.4 Å². The molecule has 0 fully saturated rings. The van der Waals surface area contributed by atoms with E-state index in [-0.39, 0.29) is 5.91 Å². The molecule has 1 amide bonds. The second-order valence-electron chi connectivity index (χ2n) is 6.41. The van der Waals surface area contributed by atoms with Crippen LogP contribution in [0.2, 0.25) is 0 Å². The molecule has 0 spiro atoms. The first-order valence-electron chi connectivity index (χ1n) is 8.06. The first-order chi connectivity index (χ1) is 10.5. The molecule has 1 N–H and O–H groups in total. The third kappa shape index (κ3) is 3.25. The maximum Gasteiger partial charge on any atom is 0.265 e. The highest BCUT2D eigenvalue weighted by Gasteiger charge is 2.22. The molecule has 3 heteroatoms. The Labute approximate surface area is 136 Å². The molecule has 1 aromatic carbocycles. The fourth-order valence-electron chi connectivity index (χ4n) is 3.30. The predicted octanol–water partition coefficient (Wildman–Crippen LogP) is 5.13. The highest BCUT2D eigenvalue weighted by Crippen LogP contribution is 2.33. The highest BCUT2D eigenvalue weighted by atomic mass is 32.1. The summed E-state index contributed by atoms with van der Waals surface area (Å²) in [5, 5.41) is 3.05. The Hall–Kier alpha value is -1.61. The van der Waals surface area contributed by atoms with E-state index in [9.17, 15) is 4.79 Å². The third-order valence-corrected chi connectivity index (χ3v) is 5.70. The van der Waals surface area contributed by atoms with Crippen LogP contribution in [-0.4, -0.2) is 5.91 Å². The maximum atomic E-state index is 12.5. The first kappa shape index (κ1) is 15.3. The van der Waals surface area contributed by atoms with Gasteiger partial charge in [0.1, 0.15) is 0 Å². The van der Waals surface area contributed by atoms with E-state index in [2.05, 4.69) is 38.2 Å². The molecule has 22 heavy (non-hydrogen) atoms. The summed E-state index contributed by atoms with van der Waals surface area (Å²) in [7, 11) is 0. The normalized spacial score (nSPS) is 17.1. The molecule has 0 saturated heterocycles. The second kappa shape index (κ2) is 6.25. The summed E-state index contributed by atoms with van der Waals surface area (Å²) < 4.78 is 0. The van der Waals surface area contributed by atoms with Crippen molar-refractivity contribution in [3.05, 3.63) is 50.7 Å². The van der Waals surface area contributed by atoms with Crippen LogP contribution in [-0.2, 0) is 12.8 Å². The molecule has 1 aliphatic carbocycles. The van der Waals surface area contributed by atoms with Gasteiger partial charge in [-0.3, -0.25) is 4.79 Å². The van der Waals surface area contributed by atoms with Crippen LogP contribution in [0.4, 0.5) is 5.69 Å². The van der Waals surface area contributed by atoms with E-state index in [0.29, 0.717) is 0 Å². The largest absolute Gasteiger partial charge is 0.321 e. The zero-order valence-electron chi connectivity index (χ0n) is 13.5. The van der Waals surface area contributed by atoms with Gasteiger partial charge >= 0.3 is 0 Å². The summed E-state index contributed by atoms with van der Waals surface area (Å²) in [5.41, 5.74) is 4.63. The molecule has 0 unspecified atom stereocenters. The zero-order chi connectivity index (χ0) is 15.7. The Morgan fingerprint density at radius 3 is 2.64 bits per heavy atom. The van der Waals surface area contributed by atoms with Gasteiger partial charge in [0.2, 0.25) is 0 Å². The van der Waals surface area contributed by atoms with Gasteiger partial charge in [0.25, 0.3) is 5.91 Å². The van der Waals surface area contributed by atoms with E-state index in [1.807, 2.05) is 12.1 Å². The van der Waals surface area contributed by atoms with Crippen LogP contribution in [0.1, 0.15) is 51.0 Å². The van der Waals surface area contributed by atoms with Gasteiger partial charge in [-0.05, 0) is 73.9 Å². The van der Waals surface area contributed by atoms with E-state index in [1.165, 1.54) is 34.4 Å².